The second kappa shape index (κ2) is 6.32. The van der Waals surface area contributed by atoms with Gasteiger partial charge in [-0.2, -0.15) is 0 Å². The Bertz CT molecular complexity index is 691. The van der Waals surface area contributed by atoms with E-state index in [2.05, 4.69) is 10.0 Å². The number of sulfonamides is 1. The van der Waals surface area contributed by atoms with E-state index in [1.54, 1.807) is 36.5 Å². The molecule has 0 saturated carbocycles. The Morgan fingerprint density at radius 2 is 1.86 bits per heavy atom. The van der Waals surface area contributed by atoms with Crippen LogP contribution in [-0.4, -0.2) is 20.0 Å². The van der Waals surface area contributed by atoms with E-state index >= 15 is 0 Å². The molecule has 5 nitrogen and oxygen atoms in total. The molecule has 0 radical (unpaired) electrons. The average molecular weight is 307 g/mol. The molecule has 1 heterocycles. The Balaban J connectivity index is 2.34. The highest BCUT2D eigenvalue weighted by Gasteiger charge is 2.19. The lowest BCUT2D eigenvalue weighted by Gasteiger charge is -2.12. The maximum Gasteiger partial charge on any atom is 0.263 e. The molecule has 21 heavy (non-hydrogen) atoms. The molecule has 0 aliphatic rings. The lowest BCUT2D eigenvalue weighted by Crippen LogP contribution is -2.12. The second-order valence-corrected chi connectivity index (χ2v) is 6.85. The molecule has 2 rings (SSSR count). The fraction of sp³-hybridized carbons (Fsp3) is 0.333. The smallest absolute Gasteiger partial charge is 0.263 e. The van der Waals surface area contributed by atoms with Gasteiger partial charge < -0.3 is 9.88 Å². The zero-order valence-electron chi connectivity index (χ0n) is 12.5. The lowest BCUT2D eigenvalue weighted by molar-refractivity contribution is 0.562. The summed E-state index contributed by atoms with van der Waals surface area (Å²) < 4.78 is 29.5. The standard InChI is InChI=1S/C15H21N3O2S/c1-12(2)18-11-15(9-14(18)10-16-3)21(19,20)17-13-7-5-4-6-8-13/h4-9,11-12,16-17H,10H2,1-3H3. The zero-order chi connectivity index (χ0) is 15.5. The van der Waals surface area contributed by atoms with E-state index in [0.29, 0.717) is 12.2 Å². The highest BCUT2D eigenvalue weighted by Crippen LogP contribution is 2.21. The molecule has 2 aromatic rings. The third-order valence-electron chi connectivity index (χ3n) is 3.16. The summed E-state index contributed by atoms with van der Waals surface area (Å²) in [6, 6.07) is 10.8. The summed E-state index contributed by atoms with van der Waals surface area (Å²) in [6.07, 6.45) is 1.68. The predicted molar refractivity (Wildman–Crippen MR) is 84.8 cm³/mol. The van der Waals surface area contributed by atoms with Gasteiger partial charge in [0.1, 0.15) is 4.90 Å². The fourth-order valence-electron chi connectivity index (χ4n) is 2.17. The van der Waals surface area contributed by atoms with Crippen LogP contribution in [0.5, 0.6) is 0 Å². The number of para-hydroxylation sites is 1. The molecule has 1 aromatic heterocycles. The minimum absolute atomic E-state index is 0.203. The van der Waals surface area contributed by atoms with Gasteiger partial charge in [-0.3, -0.25) is 4.72 Å². The Hall–Kier alpha value is -1.79. The van der Waals surface area contributed by atoms with Crippen molar-refractivity contribution in [3.05, 3.63) is 48.3 Å². The maximum absolute atomic E-state index is 12.4. The summed E-state index contributed by atoms with van der Waals surface area (Å²) in [5, 5.41) is 3.06. The first-order valence-corrected chi connectivity index (χ1v) is 8.35. The van der Waals surface area contributed by atoms with Crippen LogP contribution in [-0.2, 0) is 16.6 Å². The Labute approximate surface area is 126 Å². The van der Waals surface area contributed by atoms with E-state index < -0.39 is 10.0 Å². The third-order valence-corrected chi connectivity index (χ3v) is 4.51. The van der Waals surface area contributed by atoms with Crippen molar-refractivity contribution < 1.29 is 8.42 Å². The van der Waals surface area contributed by atoms with Crippen LogP contribution in [0.1, 0.15) is 25.6 Å². The first-order chi connectivity index (χ1) is 9.94. The van der Waals surface area contributed by atoms with Crippen LogP contribution in [0.4, 0.5) is 5.69 Å². The molecule has 0 spiro atoms. The molecule has 0 bridgehead atoms. The van der Waals surface area contributed by atoms with Crippen LogP contribution in [0.15, 0.2) is 47.5 Å². The number of anilines is 1. The van der Waals surface area contributed by atoms with E-state index in [1.165, 1.54) is 0 Å². The molecular formula is C15H21N3O2S. The topological polar surface area (TPSA) is 63.1 Å². The van der Waals surface area contributed by atoms with Gasteiger partial charge in [-0.25, -0.2) is 8.42 Å². The minimum Gasteiger partial charge on any atom is -0.346 e. The van der Waals surface area contributed by atoms with Gasteiger partial charge in [-0.05, 0) is 39.1 Å². The number of nitrogens with zero attached hydrogens (tertiary/aromatic N) is 1. The predicted octanol–water partition coefficient (Wildman–Crippen LogP) is 2.59. The van der Waals surface area contributed by atoms with Crippen LogP contribution < -0.4 is 10.0 Å². The van der Waals surface area contributed by atoms with Crippen molar-refractivity contribution in [2.75, 3.05) is 11.8 Å². The van der Waals surface area contributed by atoms with E-state index in [4.69, 9.17) is 0 Å². The molecule has 0 aliphatic heterocycles. The van der Waals surface area contributed by atoms with Crippen LogP contribution >= 0.6 is 0 Å². The van der Waals surface area contributed by atoms with Gasteiger partial charge >= 0.3 is 0 Å². The van der Waals surface area contributed by atoms with Crippen LogP contribution in [0.25, 0.3) is 0 Å². The normalized spacial score (nSPS) is 11.8. The largest absolute Gasteiger partial charge is 0.346 e. The molecule has 0 atom stereocenters. The van der Waals surface area contributed by atoms with Gasteiger partial charge in [-0.1, -0.05) is 18.2 Å². The highest BCUT2D eigenvalue weighted by molar-refractivity contribution is 7.92. The van der Waals surface area contributed by atoms with E-state index in [9.17, 15) is 8.42 Å². The molecule has 6 heteroatoms. The molecule has 0 amide bonds. The van der Waals surface area contributed by atoms with Crippen LogP contribution in [0.3, 0.4) is 0 Å². The fourth-order valence-corrected chi connectivity index (χ4v) is 3.28. The maximum atomic E-state index is 12.4. The van der Waals surface area contributed by atoms with E-state index in [0.717, 1.165) is 5.69 Å². The van der Waals surface area contributed by atoms with Gasteiger partial charge in [0.25, 0.3) is 10.0 Å². The molecule has 0 fully saturated rings. The summed E-state index contributed by atoms with van der Waals surface area (Å²) >= 11 is 0. The monoisotopic (exact) mass is 307 g/mol. The number of benzene rings is 1. The van der Waals surface area contributed by atoms with E-state index in [-0.39, 0.29) is 10.9 Å². The minimum atomic E-state index is -3.57. The Morgan fingerprint density at radius 1 is 1.19 bits per heavy atom. The molecule has 0 saturated heterocycles. The summed E-state index contributed by atoms with van der Waals surface area (Å²) in [7, 11) is -1.72. The first-order valence-electron chi connectivity index (χ1n) is 6.87. The summed E-state index contributed by atoms with van der Waals surface area (Å²) in [4.78, 5) is 0.283. The average Bonchev–Trinajstić information content (AvgIpc) is 2.85. The van der Waals surface area contributed by atoms with Crippen LogP contribution in [0, 0.1) is 0 Å². The van der Waals surface area contributed by atoms with Crippen molar-refractivity contribution in [2.24, 2.45) is 0 Å². The van der Waals surface area contributed by atoms with Gasteiger partial charge in [0.05, 0.1) is 0 Å². The Kier molecular flexibility index (Phi) is 4.69. The van der Waals surface area contributed by atoms with Crippen molar-refractivity contribution in [2.45, 2.75) is 31.3 Å². The molecule has 2 N–H and O–H groups in total. The summed E-state index contributed by atoms with van der Waals surface area (Å²) in [6.45, 7) is 4.68. The lowest BCUT2D eigenvalue weighted by atomic mass is 10.3. The molecule has 114 valence electrons. The molecule has 0 unspecified atom stereocenters. The van der Waals surface area contributed by atoms with Crippen molar-refractivity contribution in [3.8, 4) is 0 Å². The van der Waals surface area contributed by atoms with Crippen molar-refractivity contribution in [1.29, 1.82) is 0 Å². The summed E-state index contributed by atoms with van der Waals surface area (Å²) in [5.74, 6) is 0. The van der Waals surface area contributed by atoms with Gasteiger partial charge in [0.15, 0.2) is 0 Å². The third kappa shape index (κ3) is 3.65. The van der Waals surface area contributed by atoms with Crippen LogP contribution in [0.2, 0.25) is 0 Å². The number of aromatic nitrogens is 1. The number of hydrogen-bond acceptors (Lipinski definition) is 3. The number of nitrogens with one attached hydrogen (secondary N) is 2. The summed E-state index contributed by atoms with van der Waals surface area (Å²) in [5.41, 5.74) is 1.51. The van der Waals surface area contributed by atoms with Crippen molar-refractivity contribution in [3.63, 3.8) is 0 Å². The zero-order valence-corrected chi connectivity index (χ0v) is 13.3. The first kappa shape index (κ1) is 15.6. The molecular weight excluding hydrogens is 286 g/mol. The van der Waals surface area contributed by atoms with Gasteiger partial charge in [0, 0.05) is 30.2 Å². The number of rotatable bonds is 6. The van der Waals surface area contributed by atoms with Gasteiger partial charge in [-0.15, -0.1) is 0 Å². The second-order valence-electron chi connectivity index (χ2n) is 5.17. The quantitative estimate of drug-likeness (QED) is 0.862. The Morgan fingerprint density at radius 3 is 2.43 bits per heavy atom. The van der Waals surface area contributed by atoms with Gasteiger partial charge in [0.2, 0.25) is 0 Å². The van der Waals surface area contributed by atoms with Crippen molar-refractivity contribution in [1.82, 2.24) is 9.88 Å². The molecule has 0 aliphatic carbocycles. The van der Waals surface area contributed by atoms with Crippen molar-refractivity contribution >= 4 is 15.7 Å². The SMILES string of the molecule is CNCc1cc(S(=O)(=O)Nc2ccccc2)cn1C(C)C. The van der Waals surface area contributed by atoms with E-state index in [1.807, 2.05) is 31.5 Å². The molecule has 1 aromatic carbocycles. The number of hydrogen-bond donors (Lipinski definition) is 2. The highest BCUT2D eigenvalue weighted by atomic mass is 32.2.